The van der Waals surface area contributed by atoms with E-state index in [1.165, 1.54) is 7.11 Å². The minimum absolute atomic E-state index is 0.0142. The van der Waals surface area contributed by atoms with E-state index in [1.807, 2.05) is 13.0 Å². The van der Waals surface area contributed by atoms with Gasteiger partial charge in [0.25, 0.3) is 5.91 Å². The molecule has 0 atom stereocenters. The second-order valence-electron chi connectivity index (χ2n) is 3.80. The summed E-state index contributed by atoms with van der Waals surface area (Å²) in [5.74, 6) is 0.359. The second-order valence-corrected chi connectivity index (χ2v) is 3.80. The topological polar surface area (TPSA) is 67.8 Å². The molecule has 1 aromatic carbocycles. The summed E-state index contributed by atoms with van der Waals surface area (Å²) < 4.78 is 10.2. The molecule has 5 heteroatoms. The second kappa shape index (κ2) is 7.68. The van der Waals surface area contributed by atoms with Gasteiger partial charge in [-0.25, -0.2) is 0 Å². The van der Waals surface area contributed by atoms with Gasteiger partial charge in [-0.3, -0.25) is 4.79 Å². The maximum Gasteiger partial charge on any atom is 0.255 e. The van der Waals surface area contributed by atoms with Gasteiger partial charge in [0, 0.05) is 6.54 Å². The van der Waals surface area contributed by atoms with Crippen molar-refractivity contribution >= 4 is 5.91 Å². The Morgan fingerprint density at radius 2 is 2.17 bits per heavy atom. The van der Waals surface area contributed by atoms with E-state index in [0.29, 0.717) is 24.5 Å². The van der Waals surface area contributed by atoms with Crippen LogP contribution < -0.4 is 10.1 Å². The zero-order chi connectivity index (χ0) is 13.4. The first-order chi connectivity index (χ1) is 8.69. The molecule has 0 bridgehead atoms. The molecule has 5 nitrogen and oxygen atoms in total. The summed E-state index contributed by atoms with van der Waals surface area (Å²) in [6.45, 7) is 2.96. The van der Waals surface area contributed by atoms with Crippen molar-refractivity contribution in [1.29, 1.82) is 0 Å². The van der Waals surface area contributed by atoms with Crippen molar-refractivity contribution < 1.29 is 19.4 Å². The quantitative estimate of drug-likeness (QED) is 0.703. The van der Waals surface area contributed by atoms with Crippen LogP contribution in [0.1, 0.15) is 15.9 Å². The first-order valence-corrected chi connectivity index (χ1v) is 5.80. The number of hydrogen-bond acceptors (Lipinski definition) is 4. The lowest BCUT2D eigenvalue weighted by atomic mass is 10.1. The molecule has 100 valence electrons. The van der Waals surface area contributed by atoms with E-state index in [1.54, 1.807) is 12.1 Å². The van der Waals surface area contributed by atoms with E-state index in [4.69, 9.17) is 14.6 Å². The zero-order valence-electron chi connectivity index (χ0n) is 10.7. The van der Waals surface area contributed by atoms with Crippen LogP contribution >= 0.6 is 0 Å². The molecular formula is C13H19NO4. The van der Waals surface area contributed by atoms with E-state index >= 15 is 0 Å². The Kier molecular flexibility index (Phi) is 6.18. The number of carbonyl (C=O) groups excluding carboxylic acids is 1. The molecule has 0 saturated heterocycles. The molecule has 0 fully saturated rings. The Bertz CT molecular complexity index is 393. The van der Waals surface area contributed by atoms with Gasteiger partial charge in [0.05, 0.1) is 32.5 Å². The fourth-order valence-electron chi connectivity index (χ4n) is 1.50. The first-order valence-electron chi connectivity index (χ1n) is 5.80. The van der Waals surface area contributed by atoms with Crippen LogP contribution in [0.15, 0.2) is 18.2 Å². The first kappa shape index (κ1) is 14.5. The minimum atomic E-state index is -0.192. The van der Waals surface area contributed by atoms with Gasteiger partial charge in [0.2, 0.25) is 0 Å². The minimum Gasteiger partial charge on any atom is -0.496 e. The largest absolute Gasteiger partial charge is 0.496 e. The molecule has 0 heterocycles. The summed E-state index contributed by atoms with van der Waals surface area (Å²) >= 11 is 0. The third-order valence-electron chi connectivity index (χ3n) is 2.37. The Morgan fingerprint density at radius 1 is 1.39 bits per heavy atom. The van der Waals surface area contributed by atoms with Gasteiger partial charge < -0.3 is 19.9 Å². The number of hydrogen-bond donors (Lipinski definition) is 2. The molecule has 0 radical (unpaired) electrons. The van der Waals surface area contributed by atoms with Crippen molar-refractivity contribution in [3.8, 4) is 5.75 Å². The molecule has 0 saturated carbocycles. The summed E-state index contributed by atoms with van der Waals surface area (Å²) in [6.07, 6.45) is 0. The molecule has 0 aliphatic carbocycles. The number of benzene rings is 1. The van der Waals surface area contributed by atoms with Crippen LogP contribution in [0, 0.1) is 6.92 Å². The number of carbonyl (C=O) groups is 1. The van der Waals surface area contributed by atoms with Gasteiger partial charge in [-0.05, 0) is 19.1 Å². The Morgan fingerprint density at radius 3 is 2.83 bits per heavy atom. The van der Waals surface area contributed by atoms with Crippen molar-refractivity contribution in [2.75, 3.05) is 33.5 Å². The fraction of sp³-hybridized carbons (Fsp3) is 0.462. The molecule has 0 aliphatic rings. The van der Waals surface area contributed by atoms with Crippen molar-refractivity contribution in [2.24, 2.45) is 0 Å². The highest BCUT2D eigenvalue weighted by molar-refractivity contribution is 5.97. The molecule has 0 spiro atoms. The smallest absolute Gasteiger partial charge is 0.255 e. The molecule has 2 N–H and O–H groups in total. The summed E-state index contributed by atoms with van der Waals surface area (Å²) in [5, 5.41) is 11.3. The van der Waals surface area contributed by atoms with Gasteiger partial charge in [-0.1, -0.05) is 11.6 Å². The van der Waals surface area contributed by atoms with Gasteiger partial charge in [0.1, 0.15) is 5.75 Å². The SMILES string of the molecule is COc1ccc(C)cc1C(=O)NCCOCCO. The van der Waals surface area contributed by atoms with E-state index < -0.39 is 0 Å². The van der Waals surface area contributed by atoms with Crippen LogP contribution in [0.3, 0.4) is 0 Å². The third-order valence-corrected chi connectivity index (χ3v) is 2.37. The van der Waals surface area contributed by atoms with Crippen LogP contribution in [-0.4, -0.2) is 44.5 Å². The van der Waals surface area contributed by atoms with Crippen molar-refractivity contribution in [3.05, 3.63) is 29.3 Å². The zero-order valence-corrected chi connectivity index (χ0v) is 10.7. The van der Waals surface area contributed by atoms with Gasteiger partial charge >= 0.3 is 0 Å². The van der Waals surface area contributed by atoms with Crippen LogP contribution in [0.2, 0.25) is 0 Å². The van der Waals surface area contributed by atoms with Crippen molar-refractivity contribution in [1.82, 2.24) is 5.32 Å². The van der Waals surface area contributed by atoms with Crippen LogP contribution in [0.25, 0.3) is 0 Å². The molecule has 1 aromatic rings. The van der Waals surface area contributed by atoms with E-state index in [0.717, 1.165) is 5.56 Å². The molecule has 1 rings (SSSR count). The predicted octanol–water partition coefficient (Wildman–Crippen LogP) is 0.742. The number of aliphatic hydroxyl groups is 1. The molecule has 1 amide bonds. The highest BCUT2D eigenvalue weighted by Crippen LogP contribution is 2.19. The standard InChI is InChI=1S/C13H19NO4/c1-10-3-4-12(17-2)11(9-10)13(16)14-5-7-18-8-6-15/h3-4,9,15H,5-8H2,1-2H3,(H,14,16). The summed E-state index contributed by atoms with van der Waals surface area (Å²) in [5.41, 5.74) is 1.51. The third kappa shape index (κ3) is 4.35. The average molecular weight is 253 g/mol. The number of nitrogens with one attached hydrogen (secondary N) is 1. The van der Waals surface area contributed by atoms with E-state index in [-0.39, 0.29) is 19.1 Å². The number of aliphatic hydroxyl groups excluding tert-OH is 1. The Hall–Kier alpha value is -1.59. The van der Waals surface area contributed by atoms with E-state index in [9.17, 15) is 4.79 Å². The summed E-state index contributed by atoms with van der Waals surface area (Å²) in [7, 11) is 1.53. The number of rotatable bonds is 7. The number of amides is 1. The highest BCUT2D eigenvalue weighted by Gasteiger charge is 2.11. The van der Waals surface area contributed by atoms with E-state index in [2.05, 4.69) is 5.32 Å². The number of methoxy groups -OCH3 is 1. The van der Waals surface area contributed by atoms with Gasteiger partial charge in [-0.2, -0.15) is 0 Å². The summed E-state index contributed by atoms with van der Waals surface area (Å²) in [6, 6.07) is 5.44. The predicted molar refractivity (Wildman–Crippen MR) is 68.0 cm³/mol. The highest BCUT2D eigenvalue weighted by atomic mass is 16.5. The number of ether oxygens (including phenoxy) is 2. The molecule has 18 heavy (non-hydrogen) atoms. The normalized spacial score (nSPS) is 10.2. The monoisotopic (exact) mass is 253 g/mol. The van der Waals surface area contributed by atoms with Crippen molar-refractivity contribution in [2.45, 2.75) is 6.92 Å². The maximum absolute atomic E-state index is 11.9. The van der Waals surface area contributed by atoms with Gasteiger partial charge in [0.15, 0.2) is 0 Å². The Balaban J connectivity index is 2.52. The lowest BCUT2D eigenvalue weighted by molar-refractivity contribution is 0.0836. The maximum atomic E-state index is 11.9. The molecule has 0 aromatic heterocycles. The lowest BCUT2D eigenvalue weighted by Crippen LogP contribution is -2.28. The Labute approximate surface area is 107 Å². The molecule has 0 unspecified atom stereocenters. The van der Waals surface area contributed by atoms with Crippen LogP contribution in [0.5, 0.6) is 5.75 Å². The van der Waals surface area contributed by atoms with Crippen molar-refractivity contribution in [3.63, 3.8) is 0 Å². The van der Waals surface area contributed by atoms with Gasteiger partial charge in [-0.15, -0.1) is 0 Å². The molecule has 0 aliphatic heterocycles. The average Bonchev–Trinajstić information content (AvgIpc) is 2.38. The fourth-order valence-corrected chi connectivity index (χ4v) is 1.50. The molecular weight excluding hydrogens is 234 g/mol. The van der Waals surface area contributed by atoms with Crippen LogP contribution in [0.4, 0.5) is 0 Å². The van der Waals surface area contributed by atoms with Crippen LogP contribution in [-0.2, 0) is 4.74 Å². The number of aryl methyl sites for hydroxylation is 1. The summed E-state index contributed by atoms with van der Waals surface area (Å²) in [4.78, 5) is 11.9. The lowest BCUT2D eigenvalue weighted by Gasteiger charge is -2.10.